The van der Waals surface area contributed by atoms with E-state index in [2.05, 4.69) is 4.98 Å². The smallest absolute Gasteiger partial charge is 0.313 e. The van der Waals surface area contributed by atoms with Crippen LogP contribution in [0, 0.1) is 11.6 Å². The zero-order valence-electron chi connectivity index (χ0n) is 10.5. The predicted octanol–water partition coefficient (Wildman–Crippen LogP) is 3.22. The lowest BCUT2D eigenvalue weighted by molar-refractivity contribution is -0.133. The predicted molar refractivity (Wildman–Crippen MR) is 70.9 cm³/mol. The molecule has 0 bridgehead atoms. The van der Waals surface area contributed by atoms with Crippen LogP contribution in [0.3, 0.4) is 0 Å². The van der Waals surface area contributed by atoms with Crippen molar-refractivity contribution >= 4 is 28.8 Å². The van der Waals surface area contributed by atoms with Crippen LogP contribution >= 0.6 is 11.8 Å². The van der Waals surface area contributed by atoms with Gasteiger partial charge in [-0.05, 0) is 31.4 Å². The van der Waals surface area contributed by atoms with Crippen LogP contribution in [-0.4, -0.2) is 26.4 Å². The van der Waals surface area contributed by atoms with Crippen LogP contribution in [0.1, 0.15) is 25.3 Å². The summed E-state index contributed by atoms with van der Waals surface area (Å²) in [5.74, 6) is -2.94. The highest BCUT2D eigenvalue weighted by Crippen LogP contribution is 2.39. The van der Waals surface area contributed by atoms with Crippen molar-refractivity contribution < 1.29 is 18.7 Å². The van der Waals surface area contributed by atoms with Gasteiger partial charge in [-0.15, -0.1) is 0 Å². The summed E-state index contributed by atoms with van der Waals surface area (Å²) >= 11 is 1.04. The molecule has 0 radical (unpaired) electrons. The van der Waals surface area contributed by atoms with Crippen molar-refractivity contribution in [3.63, 3.8) is 0 Å². The molecule has 0 unspecified atom stereocenters. The fraction of sp³-hybridized carbons (Fsp3) is 0.385. The van der Waals surface area contributed by atoms with Crippen LogP contribution in [0.25, 0.3) is 11.0 Å². The van der Waals surface area contributed by atoms with Gasteiger partial charge in [-0.3, -0.25) is 4.79 Å². The number of hydrogen-bond donors (Lipinski definition) is 1. The van der Waals surface area contributed by atoms with Gasteiger partial charge in [0.1, 0.15) is 5.52 Å². The molecule has 106 valence electrons. The van der Waals surface area contributed by atoms with E-state index in [1.54, 1.807) is 4.57 Å². The van der Waals surface area contributed by atoms with Crippen molar-refractivity contribution in [2.24, 2.45) is 0 Å². The van der Waals surface area contributed by atoms with Gasteiger partial charge in [-0.25, -0.2) is 13.8 Å². The van der Waals surface area contributed by atoms with Crippen LogP contribution < -0.4 is 0 Å². The number of halogens is 2. The summed E-state index contributed by atoms with van der Waals surface area (Å²) in [4.78, 5) is 14.9. The molecule has 7 heteroatoms. The van der Waals surface area contributed by atoms with Gasteiger partial charge in [0, 0.05) is 6.04 Å². The topological polar surface area (TPSA) is 55.1 Å². The lowest BCUT2D eigenvalue weighted by Gasteiger charge is -2.28. The molecule has 1 aromatic carbocycles. The Morgan fingerprint density at radius 2 is 2.20 bits per heavy atom. The molecule has 0 amide bonds. The number of hydrogen-bond acceptors (Lipinski definition) is 3. The molecule has 0 saturated heterocycles. The number of carboxylic acids is 1. The monoisotopic (exact) mass is 298 g/mol. The standard InChI is InChI=1S/C13H12F2N2O2S/c14-8-4-5-9-12(11(8)15)17(7-2-1-3-7)13(16-9)20-6-10(18)19/h4-5,7H,1-3,6H2,(H,18,19). The molecular formula is C13H12F2N2O2S. The normalized spacial score (nSPS) is 15.5. The van der Waals surface area contributed by atoms with E-state index in [1.807, 2.05) is 0 Å². The number of imidazole rings is 1. The minimum atomic E-state index is -0.964. The molecule has 3 rings (SSSR count). The second-order valence-corrected chi connectivity index (χ2v) is 5.70. The summed E-state index contributed by atoms with van der Waals surface area (Å²) in [7, 11) is 0. The Labute approximate surface area is 117 Å². The number of nitrogens with zero attached hydrogens (tertiary/aromatic N) is 2. The Kier molecular flexibility index (Phi) is 3.37. The quantitative estimate of drug-likeness (QED) is 0.881. The Morgan fingerprint density at radius 3 is 2.80 bits per heavy atom. The maximum absolute atomic E-state index is 14.0. The van der Waals surface area contributed by atoms with Gasteiger partial charge in [-0.2, -0.15) is 0 Å². The number of benzene rings is 1. The molecule has 2 aromatic rings. The Bertz CT molecular complexity index is 683. The van der Waals surface area contributed by atoms with Gasteiger partial charge in [0.15, 0.2) is 16.8 Å². The largest absolute Gasteiger partial charge is 0.481 e. The van der Waals surface area contributed by atoms with Crippen molar-refractivity contribution in [2.75, 3.05) is 5.75 Å². The maximum atomic E-state index is 14.0. The summed E-state index contributed by atoms with van der Waals surface area (Å²) in [5, 5.41) is 9.20. The molecule has 1 aromatic heterocycles. The summed E-state index contributed by atoms with van der Waals surface area (Å²) < 4.78 is 29.1. The molecule has 1 N–H and O–H groups in total. The molecule has 20 heavy (non-hydrogen) atoms. The lowest BCUT2D eigenvalue weighted by Crippen LogP contribution is -2.18. The minimum absolute atomic E-state index is 0.0765. The number of aromatic nitrogens is 2. The van der Waals surface area contributed by atoms with E-state index in [0.29, 0.717) is 10.7 Å². The van der Waals surface area contributed by atoms with E-state index >= 15 is 0 Å². The highest BCUT2D eigenvalue weighted by molar-refractivity contribution is 7.99. The number of thioether (sulfide) groups is 1. The lowest BCUT2D eigenvalue weighted by atomic mass is 9.93. The molecule has 1 saturated carbocycles. The second kappa shape index (κ2) is 5.05. The first-order valence-electron chi connectivity index (χ1n) is 6.28. The highest BCUT2D eigenvalue weighted by Gasteiger charge is 2.27. The fourth-order valence-electron chi connectivity index (χ4n) is 2.31. The molecule has 1 aliphatic carbocycles. The molecular weight excluding hydrogens is 286 g/mol. The number of carboxylic acid groups (broad SMARTS) is 1. The minimum Gasteiger partial charge on any atom is -0.481 e. The van der Waals surface area contributed by atoms with Crippen LogP contribution in [0.5, 0.6) is 0 Å². The highest BCUT2D eigenvalue weighted by atomic mass is 32.2. The summed E-state index contributed by atoms with van der Waals surface area (Å²) in [6, 6.07) is 2.54. The van der Waals surface area contributed by atoms with Gasteiger partial charge >= 0.3 is 5.97 Å². The zero-order chi connectivity index (χ0) is 14.3. The van der Waals surface area contributed by atoms with Gasteiger partial charge in [0.2, 0.25) is 0 Å². The van der Waals surface area contributed by atoms with Gasteiger partial charge in [0.05, 0.1) is 11.3 Å². The molecule has 0 atom stereocenters. The Balaban J connectivity index is 2.13. The molecule has 1 aliphatic rings. The first kappa shape index (κ1) is 13.4. The first-order valence-corrected chi connectivity index (χ1v) is 7.27. The van der Waals surface area contributed by atoms with Crippen LogP contribution in [0.4, 0.5) is 8.78 Å². The van der Waals surface area contributed by atoms with Gasteiger partial charge in [-0.1, -0.05) is 11.8 Å². The molecule has 1 heterocycles. The van der Waals surface area contributed by atoms with Crippen LogP contribution in [-0.2, 0) is 4.79 Å². The van der Waals surface area contributed by atoms with E-state index in [9.17, 15) is 13.6 Å². The molecule has 1 fully saturated rings. The van der Waals surface area contributed by atoms with E-state index < -0.39 is 17.6 Å². The number of rotatable bonds is 4. The average molecular weight is 298 g/mol. The number of aliphatic carboxylic acids is 1. The van der Waals surface area contributed by atoms with Gasteiger partial charge in [0.25, 0.3) is 0 Å². The number of fused-ring (bicyclic) bond motifs is 1. The molecule has 4 nitrogen and oxygen atoms in total. The first-order chi connectivity index (χ1) is 9.58. The van der Waals surface area contributed by atoms with Crippen LogP contribution in [0.15, 0.2) is 17.3 Å². The van der Waals surface area contributed by atoms with Crippen molar-refractivity contribution in [3.8, 4) is 0 Å². The van der Waals surface area contributed by atoms with Crippen molar-refractivity contribution in [1.82, 2.24) is 9.55 Å². The zero-order valence-corrected chi connectivity index (χ0v) is 11.3. The summed E-state index contributed by atoms with van der Waals surface area (Å²) in [5.41, 5.74) is 0.506. The number of carbonyl (C=O) groups is 1. The van der Waals surface area contributed by atoms with E-state index in [-0.39, 0.29) is 17.3 Å². The van der Waals surface area contributed by atoms with Crippen molar-refractivity contribution in [1.29, 1.82) is 0 Å². The Morgan fingerprint density at radius 1 is 1.45 bits per heavy atom. The van der Waals surface area contributed by atoms with Crippen LogP contribution in [0.2, 0.25) is 0 Å². The average Bonchev–Trinajstić information content (AvgIpc) is 2.69. The van der Waals surface area contributed by atoms with E-state index in [1.165, 1.54) is 6.07 Å². The molecule has 0 spiro atoms. The Hall–Kier alpha value is -1.63. The second-order valence-electron chi connectivity index (χ2n) is 4.76. The maximum Gasteiger partial charge on any atom is 0.313 e. The van der Waals surface area contributed by atoms with Gasteiger partial charge < -0.3 is 9.67 Å². The van der Waals surface area contributed by atoms with E-state index in [0.717, 1.165) is 37.1 Å². The van der Waals surface area contributed by atoms with Crippen molar-refractivity contribution in [3.05, 3.63) is 23.8 Å². The SMILES string of the molecule is O=C(O)CSc1nc2ccc(F)c(F)c2n1C1CCC1. The fourth-order valence-corrected chi connectivity index (χ4v) is 3.11. The third-order valence-corrected chi connectivity index (χ3v) is 4.41. The third-order valence-electron chi connectivity index (χ3n) is 3.48. The summed E-state index contributed by atoms with van der Waals surface area (Å²) in [6.45, 7) is 0. The third kappa shape index (κ3) is 2.15. The van der Waals surface area contributed by atoms with Crippen molar-refractivity contribution in [2.45, 2.75) is 30.5 Å². The van der Waals surface area contributed by atoms with E-state index in [4.69, 9.17) is 5.11 Å². The molecule has 0 aliphatic heterocycles. The summed E-state index contributed by atoms with van der Waals surface area (Å²) in [6.07, 6.45) is 2.79.